The number of carbonyl (C=O) groups is 1. The standard InChI is InChI=1S/C21H29FN4O3S2/c1-16-9-12-26(13-10-16)14-18-15-30-21(23-18)24-20(27)4-3-11-25(2)31(28,29)19-7-5-17(22)6-8-19/h5-8,15-16H,3-4,9-14H2,1-2H3,(H,23,24,27). The molecule has 10 heteroatoms. The quantitative estimate of drug-likeness (QED) is 0.609. The van der Waals surface area contributed by atoms with Gasteiger partial charge in [0, 0.05) is 31.9 Å². The van der Waals surface area contributed by atoms with Crippen molar-refractivity contribution in [1.29, 1.82) is 0 Å². The lowest BCUT2D eigenvalue weighted by molar-refractivity contribution is -0.116. The SMILES string of the molecule is CC1CCN(Cc2csc(NC(=O)CCCN(C)S(=O)(=O)c3ccc(F)cc3)n2)CC1. The molecule has 2 heterocycles. The number of hydrogen-bond acceptors (Lipinski definition) is 6. The van der Waals surface area contributed by atoms with Gasteiger partial charge in [-0.15, -0.1) is 11.3 Å². The molecule has 0 spiro atoms. The third-order valence-corrected chi connectivity index (χ3v) is 8.14. The first-order valence-corrected chi connectivity index (χ1v) is 12.7. The fraction of sp³-hybridized carbons (Fsp3) is 0.524. The fourth-order valence-electron chi connectivity index (χ4n) is 3.44. The number of sulfonamides is 1. The maximum absolute atomic E-state index is 13.0. The Morgan fingerprint density at radius 2 is 1.97 bits per heavy atom. The first-order valence-electron chi connectivity index (χ1n) is 10.4. The zero-order chi connectivity index (χ0) is 22.4. The summed E-state index contributed by atoms with van der Waals surface area (Å²) in [4.78, 5) is 19.1. The van der Waals surface area contributed by atoms with Gasteiger partial charge < -0.3 is 5.32 Å². The monoisotopic (exact) mass is 468 g/mol. The minimum Gasteiger partial charge on any atom is -0.302 e. The minimum atomic E-state index is -3.71. The highest BCUT2D eigenvalue weighted by Crippen LogP contribution is 2.21. The molecule has 1 amide bonds. The Labute approximate surface area is 187 Å². The summed E-state index contributed by atoms with van der Waals surface area (Å²) in [5.74, 6) is 0.0979. The molecule has 0 aliphatic carbocycles. The third-order valence-electron chi connectivity index (χ3n) is 5.46. The van der Waals surface area contributed by atoms with E-state index in [0.717, 1.165) is 43.4 Å². The number of hydrogen-bond donors (Lipinski definition) is 1. The highest BCUT2D eigenvalue weighted by atomic mass is 32.2. The molecule has 1 aromatic heterocycles. The number of anilines is 1. The van der Waals surface area contributed by atoms with Crippen LogP contribution in [-0.2, 0) is 21.4 Å². The maximum atomic E-state index is 13.0. The maximum Gasteiger partial charge on any atom is 0.242 e. The molecule has 31 heavy (non-hydrogen) atoms. The Morgan fingerprint density at radius 3 is 2.65 bits per heavy atom. The van der Waals surface area contributed by atoms with Gasteiger partial charge in [0.2, 0.25) is 15.9 Å². The fourth-order valence-corrected chi connectivity index (χ4v) is 5.36. The predicted molar refractivity (Wildman–Crippen MR) is 120 cm³/mol. The van der Waals surface area contributed by atoms with Crippen molar-refractivity contribution in [2.45, 2.75) is 44.0 Å². The molecule has 7 nitrogen and oxygen atoms in total. The molecule has 1 saturated heterocycles. The zero-order valence-corrected chi connectivity index (χ0v) is 19.5. The van der Waals surface area contributed by atoms with Crippen LogP contribution in [0.1, 0.15) is 38.3 Å². The average molecular weight is 469 g/mol. The molecule has 1 aliphatic rings. The topological polar surface area (TPSA) is 82.6 Å². The van der Waals surface area contributed by atoms with Gasteiger partial charge in [-0.05, 0) is 62.5 Å². The highest BCUT2D eigenvalue weighted by Gasteiger charge is 2.21. The number of nitrogens with one attached hydrogen (secondary N) is 1. The van der Waals surface area contributed by atoms with Crippen molar-refractivity contribution in [2.75, 3.05) is 32.0 Å². The molecule has 1 fully saturated rings. The molecule has 1 aromatic carbocycles. The molecule has 0 radical (unpaired) electrons. The second-order valence-electron chi connectivity index (χ2n) is 8.03. The predicted octanol–water partition coefficient (Wildman–Crippen LogP) is 3.55. The number of benzene rings is 1. The van der Waals surface area contributed by atoms with Crippen molar-refractivity contribution in [2.24, 2.45) is 5.92 Å². The number of amides is 1. The number of aromatic nitrogens is 1. The second kappa shape index (κ2) is 10.6. The summed E-state index contributed by atoms with van der Waals surface area (Å²) < 4.78 is 39.2. The van der Waals surface area contributed by atoms with Crippen molar-refractivity contribution in [3.8, 4) is 0 Å². The number of rotatable bonds is 9. The Morgan fingerprint density at radius 1 is 1.29 bits per heavy atom. The number of halogens is 1. The molecule has 0 bridgehead atoms. The summed E-state index contributed by atoms with van der Waals surface area (Å²) in [6, 6.07) is 4.70. The molecule has 170 valence electrons. The lowest BCUT2D eigenvalue weighted by atomic mass is 9.99. The number of piperidine rings is 1. The van der Waals surface area contributed by atoms with Gasteiger partial charge >= 0.3 is 0 Å². The van der Waals surface area contributed by atoms with Gasteiger partial charge in [0.25, 0.3) is 0 Å². The van der Waals surface area contributed by atoms with Crippen molar-refractivity contribution in [1.82, 2.24) is 14.2 Å². The Balaban J connectivity index is 1.42. The van der Waals surface area contributed by atoms with Gasteiger partial charge in [0.05, 0.1) is 10.6 Å². The van der Waals surface area contributed by atoms with E-state index in [-0.39, 0.29) is 23.8 Å². The van der Waals surface area contributed by atoms with Gasteiger partial charge in [0.15, 0.2) is 5.13 Å². The van der Waals surface area contributed by atoms with Crippen LogP contribution in [0.5, 0.6) is 0 Å². The first-order chi connectivity index (χ1) is 14.7. The number of thiazole rings is 1. The van der Waals surface area contributed by atoms with E-state index in [1.54, 1.807) is 0 Å². The summed E-state index contributed by atoms with van der Waals surface area (Å²) in [6.45, 7) is 5.42. The molecule has 3 rings (SSSR count). The van der Waals surface area contributed by atoms with Gasteiger partial charge in [-0.1, -0.05) is 6.92 Å². The lowest BCUT2D eigenvalue weighted by Crippen LogP contribution is -2.32. The zero-order valence-electron chi connectivity index (χ0n) is 17.9. The van der Waals surface area contributed by atoms with E-state index in [4.69, 9.17) is 0 Å². The molecule has 0 unspecified atom stereocenters. The molecule has 0 saturated carbocycles. The van der Waals surface area contributed by atoms with Crippen LogP contribution in [0.2, 0.25) is 0 Å². The van der Waals surface area contributed by atoms with Gasteiger partial charge in [-0.25, -0.2) is 22.1 Å². The summed E-state index contributed by atoms with van der Waals surface area (Å²) in [5, 5.41) is 5.33. The van der Waals surface area contributed by atoms with Crippen molar-refractivity contribution < 1.29 is 17.6 Å². The largest absolute Gasteiger partial charge is 0.302 e. The first kappa shape index (κ1) is 23.8. The van der Waals surface area contributed by atoms with Crippen molar-refractivity contribution in [3.05, 3.63) is 41.2 Å². The normalized spacial score (nSPS) is 16.0. The van der Waals surface area contributed by atoms with Crippen LogP contribution in [0.3, 0.4) is 0 Å². The minimum absolute atomic E-state index is 0.0272. The Hall–Kier alpha value is -1.88. The lowest BCUT2D eigenvalue weighted by Gasteiger charge is -2.29. The van der Waals surface area contributed by atoms with E-state index in [1.807, 2.05) is 5.38 Å². The van der Waals surface area contributed by atoms with Gasteiger partial charge in [-0.2, -0.15) is 0 Å². The van der Waals surface area contributed by atoms with E-state index >= 15 is 0 Å². The van der Waals surface area contributed by atoms with Crippen LogP contribution in [0.15, 0.2) is 34.5 Å². The van der Waals surface area contributed by atoms with E-state index in [0.29, 0.717) is 11.6 Å². The van der Waals surface area contributed by atoms with Gasteiger partial charge in [0.1, 0.15) is 5.82 Å². The number of likely N-dealkylation sites (tertiary alicyclic amines) is 1. The summed E-state index contributed by atoms with van der Waals surface area (Å²) in [5.41, 5.74) is 0.958. The van der Waals surface area contributed by atoms with E-state index in [2.05, 4.69) is 22.1 Å². The number of carbonyl (C=O) groups excluding carboxylic acids is 1. The molecule has 1 aliphatic heterocycles. The van der Waals surface area contributed by atoms with Crippen LogP contribution in [0, 0.1) is 11.7 Å². The molecule has 0 atom stereocenters. The van der Waals surface area contributed by atoms with Crippen LogP contribution >= 0.6 is 11.3 Å². The third kappa shape index (κ3) is 6.80. The molecule has 1 N–H and O–H groups in total. The summed E-state index contributed by atoms with van der Waals surface area (Å²) in [7, 11) is -2.26. The second-order valence-corrected chi connectivity index (χ2v) is 10.9. The average Bonchev–Trinajstić information content (AvgIpc) is 3.16. The summed E-state index contributed by atoms with van der Waals surface area (Å²) in [6.07, 6.45) is 2.97. The highest BCUT2D eigenvalue weighted by molar-refractivity contribution is 7.89. The smallest absolute Gasteiger partial charge is 0.242 e. The van der Waals surface area contributed by atoms with Crippen LogP contribution < -0.4 is 5.32 Å². The van der Waals surface area contributed by atoms with E-state index in [9.17, 15) is 17.6 Å². The summed E-state index contributed by atoms with van der Waals surface area (Å²) >= 11 is 1.40. The van der Waals surface area contributed by atoms with Crippen molar-refractivity contribution in [3.63, 3.8) is 0 Å². The molecular formula is C21H29FN4O3S2. The van der Waals surface area contributed by atoms with Gasteiger partial charge in [-0.3, -0.25) is 9.69 Å². The van der Waals surface area contributed by atoms with Crippen LogP contribution in [-0.4, -0.2) is 55.2 Å². The van der Waals surface area contributed by atoms with Crippen LogP contribution in [0.4, 0.5) is 9.52 Å². The number of nitrogens with zero attached hydrogens (tertiary/aromatic N) is 3. The van der Waals surface area contributed by atoms with Crippen LogP contribution in [0.25, 0.3) is 0 Å². The van der Waals surface area contributed by atoms with Crippen molar-refractivity contribution >= 4 is 32.4 Å². The Bertz CT molecular complexity index is 971. The van der Waals surface area contributed by atoms with E-state index < -0.39 is 15.8 Å². The molecule has 2 aromatic rings. The Kier molecular flexibility index (Phi) is 8.15. The molecular weight excluding hydrogens is 439 g/mol. The van der Waals surface area contributed by atoms with E-state index in [1.165, 1.54) is 47.7 Å².